The summed E-state index contributed by atoms with van der Waals surface area (Å²) in [5.41, 5.74) is 1.86. The molecule has 22 heavy (non-hydrogen) atoms. The number of carbonyl (C=O) groups excluding carboxylic acids is 1. The van der Waals surface area contributed by atoms with Crippen molar-refractivity contribution in [1.82, 2.24) is 4.57 Å². The lowest BCUT2D eigenvalue weighted by Gasteiger charge is -2.09. The molecule has 0 saturated heterocycles. The molecule has 3 rings (SSSR count). The van der Waals surface area contributed by atoms with Crippen molar-refractivity contribution in [2.75, 3.05) is 5.32 Å². The van der Waals surface area contributed by atoms with Crippen molar-refractivity contribution in [3.05, 3.63) is 30.5 Å². The van der Waals surface area contributed by atoms with Gasteiger partial charge in [0, 0.05) is 29.3 Å². The van der Waals surface area contributed by atoms with Crippen molar-refractivity contribution in [3.63, 3.8) is 0 Å². The zero-order valence-electron chi connectivity index (χ0n) is 12.7. The summed E-state index contributed by atoms with van der Waals surface area (Å²) in [6, 6.07) is 7.83. The van der Waals surface area contributed by atoms with E-state index < -0.39 is 17.8 Å². The molecule has 0 spiro atoms. The summed E-state index contributed by atoms with van der Waals surface area (Å²) < 4.78 is 2.20. The summed E-state index contributed by atoms with van der Waals surface area (Å²) in [5, 5.41) is 12.8. The van der Waals surface area contributed by atoms with Crippen LogP contribution >= 0.6 is 0 Å². The van der Waals surface area contributed by atoms with Crippen molar-refractivity contribution < 1.29 is 14.7 Å². The molecule has 1 aromatic carbocycles. The molecule has 2 N–H and O–H groups in total. The second-order valence-electron chi connectivity index (χ2n) is 6.41. The molecule has 1 amide bonds. The van der Waals surface area contributed by atoms with Gasteiger partial charge in [0.2, 0.25) is 5.91 Å². The van der Waals surface area contributed by atoms with E-state index in [1.807, 2.05) is 24.3 Å². The first-order chi connectivity index (χ1) is 10.5. The van der Waals surface area contributed by atoms with Gasteiger partial charge < -0.3 is 15.0 Å². The summed E-state index contributed by atoms with van der Waals surface area (Å²) >= 11 is 0. The van der Waals surface area contributed by atoms with Gasteiger partial charge in [0.15, 0.2) is 0 Å². The molecule has 0 radical (unpaired) electrons. The van der Waals surface area contributed by atoms with Gasteiger partial charge in [-0.05, 0) is 36.6 Å². The van der Waals surface area contributed by atoms with Crippen LogP contribution in [0.5, 0.6) is 0 Å². The molecule has 0 bridgehead atoms. The molecule has 2 unspecified atom stereocenters. The number of benzene rings is 1. The van der Waals surface area contributed by atoms with Gasteiger partial charge in [-0.15, -0.1) is 0 Å². The Kier molecular flexibility index (Phi) is 3.64. The van der Waals surface area contributed by atoms with Crippen molar-refractivity contribution in [2.24, 2.45) is 17.8 Å². The third-order valence-corrected chi connectivity index (χ3v) is 4.04. The van der Waals surface area contributed by atoms with E-state index in [4.69, 9.17) is 5.11 Å². The molecule has 1 aromatic heterocycles. The number of aromatic nitrogens is 1. The number of carboxylic acids is 1. The molecule has 5 nitrogen and oxygen atoms in total. The highest BCUT2D eigenvalue weighted by atomic mass is 16.4. The lowest BCUT2D eigenvalue weighted by molar-refractivity contribution is -0.139. The Balaban J connectivity index is 1.73. The van der Waals surface area contributed by atoms with Crippen LogP contribution in [-0.4, -0.2) is 21.6 Å². The highest BCUT2D eigenvalue weighted by molar-refractivity contribution is 5.99. The Labute approximate surface area is 128 Å². The second kappa shape index (κ2) is 5.48. The van der Waals surface area contributed by atoms with Crippen LogP contribution in [0.2, 0.25) is 0 Å². The predicted octanol–water partition coefficient (Wildman–Crippen LogP) is 2.96. The number of anilines is 1. The van der Waals surface area contributed by atoms with Gasteiger partial charge in [0.25, 0.3) is 0 Å². The van der Waals surface area contributed by atoms with Gasteiger partial charge in [-0.2, -0.15) is 0 Å². The Morgan fingerprint density at radius 1 is 1.32 bits per heavy atom. The van der Waals surface area contributed by atoms with Crippen LogP contribution in [0.4, 0.5) is 5.69 Å². The van der Waals surface area contributed by atoms with Crippen LogP contribution in [0, 0.1) is 17.8 Å². The Hall–Kier alpha value is -2.30. The smallest absolute Gasteiger partial charge is 0.307 e. The van der Waals surface area contributed by atoms with Crippen LogP contribution in [0.25, 0.3) is 10.9 Å². The van der Waals surface area contributed by atoms with Crippen LogP contribution in [-0.2, 0) is 16.1 Å². The maximum atomic E-state index is 12.0. The third kappa shape index (κ3) is 2.84. The average Bonchev–Trinajstić information content (AvgIpc) is 3.17. The number of nitrogens with one attached hydrogen (secondary N) is 1. The Bertz CT molecular complexity index is 733. The molecule has 1 aliphatic rings. The number of carboxylic acid groups (broad SMARTS) is 1. The number of nitrogens with zero attached hydrogens (tertiary/aromatic N) is 1. The molecule has 2 aromatic rings. The van der Waals surface area contributed by atoms with Gasteiger partial charge in [-0.3, -0.25) is 9.59 Å². The van der Waals surface area contributed by atoms with Crippen LogP contribution in [0.1, 0.15) is 20.3 Å². The van der Waals surface area contributed by atoms with Crippen molar-refractivity contribution in [1.29, 1.82) is 0 Å². The molecule has 0 aliphatic heterocycles. The zero-order valence-corrected chi connectivity index (χ0v) is 12.7. The first kappa shape index (κ1) is 14.6. The SMILES string of the molecule is CC(C)Cn1ccc2cc(NC(=O)C3CC3C(=O)O)ccc21. The van der Waals surface area contributed by atoms with E-state index in [1.165, 1.54) is 0 Å². The molecule has 1 aliphatic carbocycles. The molecular weight excluding hydrogens is 280 g/mol. The van der Waals surface area contributed by atoms with Crippen molar-refractivity contribution >= 4 is 28.5 Å². The fourth-order valence-electron chi connectivity index (χ4n) is 2.82. The highest BCUT2D eigenvalue weighted by Gasteiger charge is 2.48. The largest absolute Gasteiger partial charge is 0.481 e. The number of hydrogen-bond acceptors (Lipinski definition) is 2. The summed E-state index contributed by atoms with van der Waals surface area (Å²) in [7, 11) is 0. The normalized spacial score (nSPS) is 20.3. The number of aliphatic carboxylic acids is 1. The summed E-state index contributed by atoms with van der Waals surface area (Å²) in [6.07, 6.45) is 2.49. The lowest BCUT2D eigenvalue weighted by atomic mass is 10.2. The van der Waals surface area contributed by atoms with Crippen LogP contribution in [0.15, 0.2) is 30.5 Å². The minimum atomic E-state index is -0.888. The summed E-state index contributed by atoms with van der Waals surface area (Å²) in [5.74, 6) is -1.43. The first-order valence-electron chi connectivity index (χ1n) is 7.58. The maximum absolute atomic E-state index is 12.0. The fourth-order valence-corrected chi connectivity index (χ4v) is 2.82. The lowest BCUT2D eigenvalue weighted by Crippen LogP contribution is -2.16. The number of amides is 1. The van der Waals surface area contributed by atoms with Crippen molar-refractivity contribution in [2.45, 2.75) is 26.8 Å². The van der Waals surface area contributed by atoms with E-state index in [9.17, 15) is 9.59 Å². The molecular formula is C17H20N2O3. The van der Waals surface area contributed by atoms with Crippen molar-refractivity contribution in [3.8, 4) is 0 Å². The third-order valence-electron chi connectivity index (χ3n) is 4.04. The number of carbonyl (C=O) groups is 2. The van der Waals surface area contributed by atoms with Crippen LogP contribution < -0.4 is 5.32 Å². The van der Waals surface area contributed by atoms with Crippen LogP contribution in [0.3, 0.4) is 0 Å². The quantitative estimate of drug-likeness (QED) is 0.891. The standard InChI is InChI=1S/C17H20N2O3/c1-10(2)9-19-6-5-11-7-12(3-4-15(11)19)18-16(20)13-8-14(13)17(21)22/h3-7,10,13-14H,8-9H2,1-2H3,(H,18,20)(H,21,22). The monoisotopic (exact) mass is 300 g/mol. The predicted molar refractivity (Wildman–Crippen MR) is 84.6 cm³/mol. The van der Waals surface area contributed by atoms with E-state index in [1.54, 1.807) is 0 Å². The fraction of sp³-hybridized carbons (Fsp3) is 0.412. The molecule has 1 fully saturated rings. The highest BCUT2D eigenvalue weighted by Crippen LogP contribution is 2.39. The van der Waals surface area contributed by atoms with E-state index in [2.05, 4.69) is 29.9 Å². The topological polar surface area (TPSA) is 71.3 Å². The molecule has 5 heteroatoms. The Morgan fingerprint density at radius 2 is 2.09 bits per heavy atom. The molecule has 2 atom stereocenters. The van der Waals surface area contributed by atoms with E-state index in [0.29, 0.717) is 12.3 Å². The molecule has 1 heterocycles. The second-order valence-corrected chi connectivity index (χ2v) is 6.41. The number of hydrogen-bond donors (Lipinski definition) is 2. The van der Waals surface area contributed by atoms with E-state index in [0.717, 1.165) is 23.1 Å². The van der Waals surface area contributed by atoms with Gasteiger partial charge in [0.05, 0.1) is 11.8 Å². The number of rotatable bonds is 5. The summed E-state index contributed by atoms with van der Waals surface area (Å²) in [6.45, 7) is 5.31. The van der Waals surface area contributed by atoms with Gasteiger partial charge >= 0.3 is 5.97 Å². The average molecular weight is 300 g/mol. The zero-order chi connectivity index (χ0) is 15.9. The van der Waals surface area contributed by atoms with E-state index >= 15 is 0 Å². The van der Waals surface area contributed by atoms with E-state index in [-0.39, 0.29) is 5.91 Å². The molecule has 116 valence electrons. The minimum Gasteiger partial charge on any atom is -0.481 e. The Morgan fingerprint density at radius 3 is 2.73 bits per heavy atom. The summed E-state index contributed by atoms with van der Waals surface area (Å²) in [4.78, 5) is 22.8. The minimum absolute atomic E-state index is 0.201. The van der Waals surface area contributed by atoms with Gasteiger partial charge in [-0.1, -0.05) is 13.8 Å². The molecule has 1 saturated carbocycles. The first-order valence-corrected chi connectivity index (χ1v) is 7.58. The van der Waals surface area contributed by atoms with Gasteiger partial charge in [0.1, 0.15) is 0 Å². The van der Waals surface area contributed by atoms with Gasteiger partial charge in [-0.25, -0.2) is 0 Å². The number of fused-ring (bicyclic) bond motifs is 1. The maximum Gasteiger partial charge on any atom is 0.307 e.